The summed E-state index contributed by atoms with van der Waals surface area (Å²) in [6.07, 6.45) is 6.55. The molecule has 0 aliphatic rings. The number of Topliss-reactive ketones (excluding diaryl/α,β-unsaturated/α-hetero) is 4. The number of thiazole rings is 1. The molecule has 0 N–H and O–H groups in total. The van der Waals surface area contributed by atoms with E-state index in [0.717, 1.165) is 0 Å². The minimum atomic E-state index is 0.0323. The molecule has 0 saturated heterocycles. The van der Waals surface area contributed by atoms with Crippen molar-refractivity contribution in [2.75, 3.05) is 0 Å². The SMILES string of the molecule is CC(=O)C(C)C.CC(C)C(=O)c1ccccn1.CC(C)C(=O)c1cccnc1.CC(C)C(=O)c1nccs1. The monoisotopic (exact) mass is 539 g/mol. The highest BCUT2D eigenvalue weighted by molar-refractivity contribution is 7.11. The van der Waals surface area contributed by atoms with Gasteiger partial charge in [0.15, 0.2) is 22.4 Å². The van der Waals surface area contributed by atoms with Crippen molar-refractivity contribution in [1.29, 1.82) is 0 Å². The third kappa shape index (κ3) is 14.4. The molecular weight excluding hydrogens is 498 g/mol. The zero-order chi connectivity index (χ0) is 29.3. The zero-order valence-electron chi connectivity index (χ0n) is 24.0. The maximum absolute atomic E-state index is 11.3. The normalized spacial score (nSPS) is 10.0. The maximum Gasteiger partial charge on any atom is 0.193 e. The molecule has 38 heavy (non-hydrogen) atoms. The van der Waals surface area contributed by atoms with Gasteiger partial charge in [-0.15, -0.1) is 11.3 Å². The summed E-state index contributed by atoms with van der Waals surface area (Å²) in [6, 6.07) is 8.92. The highest BCUT2D eigenvalue weighted by Crippen LogP contribution is 2.10. The predicted molar refractivity (Wildman–Crippen MR) is 154 cm³/mol. The average Bonchev–Trinajstić information content (AvgIpc) is 3.44. The second kappa shape index (κ2) is 18.8. The largest absolute Gasteiger partial charge is 0.300 e. The van der Waals surface area contributed by atoms with Gasteiger partial charge < -0.3 is 0 Å². The van der Waals surface area contributed by atoms with Crippen LogP contribution in [0.1, 0.15) is 93.0 Å². The van der Waals surface area contributed by atoms with E-state index in [1.54, 1.807) is 56.0 Å². The fourth-order valence-corrected chi connectivity index (χ4v) is 2.96. The number of carbonyl (C=O) groups excluding carboxylic acids is 4. The first-order chi connectivity index (χ1) is 17.8. The molecule has 0 radical (unpaired) electrons. The Kier molecular flexibility index (Phi) is 17.1. The number of hydrogen-bond acceptors (Lipinski definition) is 8. The Balaban J connectivity index is 0.000000491. The number of aromatic nitrogens is 3. The summed E-state index contributed by atoms with van der Waals surface area (Å²) in [5.41, 5.74) is 1.25. The van der Waals surface area contributed by atoms with Crippen molar-refractivity contribution < 1.29 is 19.2 Å². The third-order valence-corrected chi connectivity index (χ3v) is 5.68. The van der Waals surface area contributed by atoms with E-state index in [9.17, 15) is 19.2 Å². The van der Waals surface area contributed by atoms with E-state index in [1.165, 1.54) is 11.3 Å². The van der Waals surface area contributed by atoms with Gasteiger partial charge in [0, 0.05) is 59.4 Å². The van der Waals surface area contributed by atoms with Crippen LogP contribution in [0.3, 0.4) is 0 Å². The van der Waals surface area contributed by atoms with Gasteiger partial charge in [0.2, 0.25) is 0 Å². The third-order valence-electron chi connectivity index (χ3n) is 4.89. The van der Waals surface area contributed by atoms with Crippen LogP contribution >= 0.6 is 11.3 Å². The Labute approximate surface area is 231 Å². The number of nitrogens with zero attached hydrogens (tertiary/aromatic N) is 3. The minimum Gasteiger partial charge on any atom is -0.300 e. The molecule has 3 heterocycles. The fraction of sp³-hybridized carbons (Fsp3) is 0.433. The van der Waals surface area contributed by atoms with Crippen molar-refractivity contribution in [2.24, 2.45) is 23.7 Å². The van der Waals surface area contributed by atoms with Crippen LogP contribution in [0.25, 0.3) is 0 Å². The number of hydrogen-bond donors (Lipinski definition) is 0. The van der Waals surface area contributed by atoms with Gasteiger partial charge >= 0.3 is 0 Å². The molecule has 7 nitrogen and oxygen atoms in total. The van der Waals surface area contributed by atoms with E-state index < -0.39 is 0 Å². The molecule has 8 heteroatoms. The highest BCUT2D eigenvalue weighted by atomic mass is 32.1. The quantitative estimate of drug-likeness (QED) is 0.296. The molecule has 0 spiro atoms. The zero-order valence-corrected chi connectivity index (χ0v) is 24.8. The molecule has 0 atom stereocenters. The van der Waals surface area contributed by atoms with Crippen LogP contribution in [0.4, 0.5) is 0 Å². The first kappa shape index (κ1) is 34.6. The lowest BCUT2D eigenvalue weighted by atomic mass is 10.0. The number of carbonyl (C=O) groups is 4. The summed E-state index contributed by atoms with van der Waals surface area (Å²) in [4.78, 5) is 55.6. The van der Waals surface area contributed by atoms with E-state index >= 15 is 0 Å². The van der Waals surface area contributed by atoms with Crippen LogP contribution in [-0.2, 0) is 4.79 Å². The van der Waals surface area contributed by atoms with Crippen LogP contribution < -0.4 is 0 Å². The number of pyridine rings is 2. The summed E-state index contributed by atoms with van der Waals surface area (Å²) in [6.45, 7) is 16.7. The second-order valence-electron chi connectivity index (χ2n) is 9.62. The Morgan fingerprint density at radius 1 is 0.658 bits per heavy atom. The van der Waals surface area contributed by atoms with Gasteiger partial charge in [0.25, 0.3) is 0 Å². The van der Waals surface area contributed by atoms with Gasteiger partial charge in [-0.3, -0.25) is 29.1 Å². The smallest absolute Gasteiger partial charge is 0.193 e. The molecule has 206 valence electrons. The number of ketones is 4. The van der Waals surface area contributed by atoms with E-state index in [1.807, 2.05) is 66.8 Å². The molecule has 0 bridgehead atoms. The lowest BCUT2D eigenvalue weighted by Gasteiger charge is -2.01. The Morgan fingerprint density at radius 2 is 1.24 bits per heavy atom. The topological polar surface area (TPSA) is 107 Å². The average molecular weight is 540 g/mol. The molecule has 3 aromatic heterocycles. The van der Waals surface area contributed by atoms with E-state index in [0.29, 0.717) is 16.3 Å². The predicted octanol–water partition coefficient (Wildman–Crippen LogP) is 7.05. The van der Waals surface area contributed by atoms with E-state index in [-0.39, 0.29) is 46.8 Å². The molecule has 0 fully saturated rings. The molecule has 0 aliphatic heterocycles. The first-order valence-electron chi connectivity index (χ1n) is 12.6. The molecule has 0 saturated carbocycles. The lowest BCUT2D eigenvalue weighted by molar-refractivity contribution is -0.119. The van der Waals surface area contributed by atoms with Crippen LogP contribution in [0.15, 0.2) is 60.5 Å². The molecule has 0 unspecified atom stereocenters. The van der Waals surface area contributed by atoms with Crippen LogP contribution in [0.5, 0.6) is 0 Å². The van der Waals surface area contributed by atoms with Gasteiger partial charge in [-0.1, -0.05) is 61.5 Å². The minimum absolute atomic E-state index is 0.0323. The summed E-state index contributed by atoms with van der Waals surface area (Å²) >= 11 is 1.40. The van der Waals surface area contributed by atoms with Crippen molar-refractivity contribution in [3.8, 4) is 0 Å². The van der Waals surface area contributed by atoms with Gasteiger partial charge in [-0.05, 0) is 31.2 Å². The fourth-order valence-electron chi connectivity index (χ4n) is 2.24. The Bertz CT molecular complexity index is 1040. The first-order valence-corrected chi connectivity index (χ1v) is 13.5. The summed E-state index contributed by atoms with van der Waals surface area (Å²) in [7, 11) is 0. The van der Waals surface area contributed by atoms with Crippen LogP contribution in [0, 0.1) is 23.7 Å². The van der Waals surface area contributed by atoms with Crippen molar-refractivity contribution in [3.05, 3.63) is 76.8 Å². The molecule has 0 aromatic carbocycles. The van der Waals surface area contributed by atoms with Crippen LogP contribution in [-0.4, -0.2) is 38.1 Å². The standard InChI is InChI=1S/2C9H11NO.C7H9NOS.C5H10O/c1-7(2)9(11)8-4-3-5-10-6-8;1-7(2)9(11)8-5-3-4-6-10-8;1-5(2)6(9)7-8-3-4-10-7;1-4(2)5(3)6/h2*3-7H,1-2H3;3-5H,1-2H3;4H,1-3H3. The Hall–Kier alpha value is -3.39. The van der Waals surface area contributed by atoms with Gasteiger partial charge in [-0.25, -0.2) is 4.98 Å². The van der Waals surface area contributed by atoms with Crippen molar-refractivity contribution in [3.63, 3.8) is 0 Å². The van der Waals surface area contributed by atoms with Crippen molar-refractivity contribution >= 4 is 34.5 Å². The summed E-state index contributed by atoms with van der Waals surface area (Å²) in [5.74, 6) is 1.01. The van der Waals surface area contributed by atoms with E-state index in [2.05, 4.69) is 15.0 Å². The summed E-state index contributed by atoms with van der Waals surface area (Å²) in [5, 5.41) is 2.44. The molecule has 0 aliphatic carbocycles. The summed E-state index contributed by atoms with van der Waals surface area (Å²) < 4.78 is 0. The van der Waals surface area contributed by atoms with Gasteiger partial charge in [0.1, 0.15) is 11.5 Å². The van der Waals surface area contributed by atoms with Crippen LogP contribution in [0.2, 0.25) is 0 Å². The van der Waals surface area contributed by atoms with E-state index in [4.69, 9.17) is 0 Å². The Morgan fingerprint density at radius 3 is 1.61 bits per heavy atom. The maximum atomic E-state index is 11.3. The van der Waals surface area contributed by atoms with Crippen molar-refractivity contribution in [2.45, 2.75) is 62.3 Å². The lowest BCUT2D eigenvalue weighted by Crippen LogP contribution is -2.08. The number of rotatable bonds is 7. The molecule has 3 rings (SSSR count). The second-order valence-corrected chi connectivity index (χ2v) is 10.5. The highest BCUT2D eigenvalue weighted by Gasteiger charge is 2.12. The molecular formula is C30H41N3O4S. The molecule has 3 aromatic rings. The molecule has 0 amide bonds. The van der Waals surface area contributed by atoms with Crippen molar-refractivity contribution in [1.82, 2.24) is 15.0 Å². The van der Waals surface area contributed by atoms with Gasteiger partial charge in [-0.2, -0.15) is 0 Å². The van der Waals surface area contributed by atoms with Gasteiger partial charge in [0.05, 0.1) is 0 Å².